The fourth-order valence-corrected chi connectivity index (χ4v) is 1.42. The van der Waals surface area contributed by atoms with Gasteiger partial charge < -0.3 is 5.11 Å². The van der Waals surface area contributed by atoms with Crippen molar-refractivity contribution in [2.45, 2.75) is 6.61 Å². The molecule has 4 heteroatoms. The van der Waals surface area contributed by atoms with Crippen molar-refractivity contribution >= 4 is 11.6 Å². The number of hydrogen-bond acceptors (Lipinski definition) is 3. The molecule has 2 aromatic rings. The number of aliphatic hydroxyl groups is 1. The molecule has 1 N–H and O–H groups in total. The van der Waals surface area contributed by atoms with E-state index in [9.17, 15) is 0 Å². The molecule has 0 aliphatic carbocycles. The number of pyridine rings is 2. The second-order valence-corrected chi connectivity index (χ2v) is 3.47. The summed E-state index contributed by atoms with van der Waals surface area (Å²) >= 11 is 5.74. The van der Waals surface area contributed by atoms with E-state index < -0.39 is 0 Å². The number of rotatable bonds is 2. The number of aromatic nitrogens is 2. The molecule has 0 atom stereocenters. The lowest BCUT2D eigenvalue weighted by molar-refractivity contribution is 0.282. The Bertz CT molecular complexity index is 456. The van der Waals surface area contributed by atoms with Gasteiger partial charge in [-0.15, -0.1) is 0 Å². The van der Waals surface area contributed by atoms with E-state index in [1.807, 2.05) is 6.07 Å². The Morgan fingerprint density at radius 2 is 2.07 bits per heavy atom. The highest BCUT2D eigenvalue weighted by Gasteiger charge is 2.05. The molecule has 0 saturated carbocycles. The monoisotopic (exact) mass is 220 g/mol. The molecule has 0 aromatic carbocycles. The number of aliphatic hydroxyl groups excluding tert-OH is 1. The Balaban J connectivity index is 2.49. The van der Waals surface area contributed by atoms with E-state index in [0.717, 1.165) is 5.56 Å². The van der Waals surface area contributed by atoms with E-state index in [1.165, 1.54) is 0 Å². The Labute approximate surface area is 92.4 Å². The van der Waals surface area contributed by atoms with Gasteiger partial charge in [-0.05, 0) is 18.2 Å². The summed E-state index contributed by atoms with van der Waals surface area (Å²) in [6.07, 6.45) is 3.23. The van der Waals surface area contributed by atoms with Gasteiger partial charge in [0, 0.05) is 18.0 Å². The molecule has 15 heavy (non-hydrogen) atoms. The molecule has 0 fully saturated rings. The molecule has 0 aliphatic rings. The Morgan fingerprint density at radius 3 is 2.73 bits per heavy atom. The van der Waals surface area contributed by atoms with Crippen molar-refractivity contribution in [2.24, 2.45) is 0 Å². The Kier molecular flexibility index (Phi) is 2.94. The van der Waals surface area contributed by atoms with Gasteiger partial charge in [0.2, 0.25) is 0 Å². The average Bonchev–Trinajstić information content (AvgIpc) is 2.30. The van der Waals surface area contributed by atoms with E-state index in [1.54, 1.807) is 30.6 Å². The quantitative estimate of drug-likeness (QED) is 0.845. The van der Waals surface area contributed by atoms with Crippen LogP contribution in [0.1, 0.15) is 5.56 Å². The molecule has 0 saturated heterocycles. The molecule has 0 spiro atoms. The van der Waals surface area contributed by atoms with Crippen molar-refractivity contribution in [3.05, 3.63) is 47.2 Å². The first-order chi connectivity index (χ1) is 7.31. The van der Waals surface area contributed by atoms with Crippen molar-refractivity contribution in [3.8, 4) is 11.4 Å². The summed E-state index contributed by atoms with van der Waals surface area (Å²) in [6.45, 7) is -0.0481. The smallest absolute Gasteiger partial charge is 0.0941 e. The van der Waals surface area contributed by atoms with Crippen LogP contribution in [0.15, 0.2) is 36.7 Å². The maximum atomic E-state index is 9.14. The highest BCUT2D eigenvalue weighted by Crippen LogP contribution is 2.20. The van der Waals surface area contributed by atoms with E-state index >= 15 is 0 Å². The zero-order valence-electron chi connectivity index (χ0n) is 7.89. The topological polar surface area (TPSA) is 46.0 Å². The average molecular weight is 221 g/mol. The van der Waals surface area contributed by atoms with Crippen molar-refractivity contribution in [2.75, 3.05) is 0 Å². The molecule has 2 aromatic heterocycles. The zero-order valence-corrected chi connectivity index (χ0v) is 8.65. The van der Waals surface area contributed by atoms with Crippen LogP contribution in [0.5, 0.6) is 0 Å². The maximum Gasteiger partial charge on any atom is 0.0941 e. The predicted molar refractivity (Wildman–Crippen MR) is 58.4 cm³/mol. The highest BCUT2D eigenvalue weighted by atomic mass is 35.5. The highest BCUT2D eigenvalue weighted by molar-refractivity contribution is 6.30. The standard InChI is InChI=1S/C11H9ClN2O/c12-9-3-4-10(14-6-9)11-8(7-15)2-1-5-13-11/h1-6,15H,7H2. The first kappa shape index (κ1) is 10.1. The fraction of sp³-hybridized carbons (Fsp3) is 0.0909. The lowest BCUT2D eigenvalue weighted by atomic mass is 10.1. The van der Waals surface area contributed by atoms with Gasteiger partial charge in [0.05, 0.1) is 23.0 Å². The van der Waals surface area contributed by atoms with Crippen LogP contribution in [0, 0.1) is 0 Å². The molecule has 0 radical (unpaired) electrons. The molecular formula is C11H9ClN2O. The minimum absolute atomic E-state index is 0.0481. The van der Waals surface area contributed by atoms with Crippen LogP contribution in [0.3, 0.4) is 0 Å². The summed E-state index contributed by atoms with van der Waals surface area (Å²) < 4.78 is 0. The summed E-state index contributed by atoms with van der Waals surface area (Å²) in [4.78, 5) is 8.34. The molecule has 0 amide bonds. The summed E-state index contributed by atoms with van der Waals surface area (Å²) in [5.74, 6) is 0. The summed E-state index contributed by atoms with van der Waals surface area (Å²) in [6, 6.07) is 7.13. The van der Waals surface area contributed by atoms with Crippen molar-refractivity contribution in [1.29, 1.82) is 0 Å². The van der Waals surface area contributed by atoms with Crippen LogP contribution in [0.25, 0.3) is 11.4 Å². The van der Waals surface area contributed by atoms with Crippen LogP contribution in [0.2, 0.25) is 5.02 Å². The van der Waals surface area contributed by atoms with Gasteiger partial charge in [-0.25, -0.2) is 0 Å². The van der Waals surface area contributed by atoms with E-state index in [-0.39, 0.29) is 6.61 Å². The van der Waals surface area contributed by atoms with Crippen LogP contribution in [-0.2, 0) is 6.61 Å². The van der Waals surface area contributed by atoms with Crippen LogP contribution in [0.4, 0.5) is 0 Å². The van der Waals surface area contributed by atoms with Gasteiger partial charge in [-0.3, -0.25) is 9.97 Å². The second-order valence-electron chi connectivity index (χ2n) is 3.03. The summed E-state index contributed by atoms with van der Waals surface area (Å²) in [5.41, 5.74) is 2.16. The molecule has 76 valence electrons. The van der Waals surface area contributed by atoms with Gasteiger partial charge in [-0.1, -0.05) is 17.7 Å². The molecule has 2 heterocycles. The van der Waals surface area contributed by atoms with Crippen molar-refractivity contribution in [3.63, 3.8) is 0 Å². The lowest BCUT2D eigenvalue weighted by Crippen LogP contribution is -1.93. The Hall–Kier alpha value is -1.45. The fourth-order valence-electron chi connectivity index (χ4n) is 1.31. The second kappa shape index (κ2) is 4.38. The van der Waals surface area contributed by atoms with Gasteiger partial charge >= 0.3 is 0 Å². The molecule has 3 nitrogen and oxygen atoms in total. The summed E-state index contributed by atoms with van der Waals surface area (Å²) in [5, 5.41) is 9.72. The lowest BCUT2D eigenvalue weighted by Gasteiger charge is -2.04. The molecule has 2 rings (SSSR count). The van der Waals surface area contributed by atoms with Crippen molar-refractivity contribution in [1.82, 2.24) is 9.97 Å². The number of halogens is 1. The Morgan fingerprint density at radius 1 is 1.20 bits per heavy atom. The first-order valence-electron chi connectivity index (χ1n) is 4.48. The van der Waals surface area contributed by atoms with Gasteiger partial charge in [-0.2, -0.15) is 0 Å². The maximum absolute atomic E-state index is 9.14. The van der Waals surface area contributed by atoms with Crippen molar-refractivity contribution < 1.29 is 5.11 Å². The molecule has 0 unspecified atom stereocenters. The minimum atomic E-state index is -0.0481. The third kappa shape index (κ3) is 2.14. The van der Waals surface area contributed by atoms with Gasteiger partial charge in [0.1, 0.15) is 0 Å². The van der Waals surface area contributed by atoms with Crippen LogP contribution < -0.4 is 0 Å². The van der Waals surface area contributed by atoms with E-state index in [2.05, 4.69) is 9.97 Å². The third-order valence-corrected chi connectivity index (χ3v) is 2.26. The van der Waals surface area contributed by atoms with Crippen LogP contribution in [-0.4, -0.2) is 15.1 Å². The first-order valence-corrected chi connectivity index (χ1v) is 4.86. The number of nitrogens with zero attached hydrogens (tertiary/aromatic N) is 2. The summed E-state index contributed by atoms with van der Waals surface area (Å²) in [7, 11) is 0. The van der Waals surface area contributed by atoms with Gasteiger partial charge in [0.15, 0.2) is 0 Å². The minimum Gasteiger partial charge on any atom is -0.392 e. The molecule has 0 aliphatic heterocycles. The third-order valence-electron chi connectivity index (χ3n) is 2.03. The van der Waals surface area contributed by atoms with E-state index in [4.69, 9.17) is 16.7 Å². The SMILES string of the molecule is OCc1cccnc1-c1ccc(Cl)cn1. The van der Waals surface area contributed by atoms with E-state index in [0.29, 0.717) is 16.4 Å². The zero-order chi connectivity index (χ0) is 10.7. The van der Waals surface area contributed by atoms with Gasteiger partial charge in [0.25, 0.3) is 0 Å². The normalized spacial score (nSPS) is 10.3. The molecular weight excluding hydrogens is 212 g/mol. The predicted octanol–water partition coefficient (Wildman–Crippen LogP) is 2.29. The van der Waals surface area contributed by atoms with Crippen LogP contribution >= 0.6 is 11.6 Å². The largest absolute Gasteiger partial charge is 0.392 e. The molecule has 0 bridgehead atoms. The number of hydrogen-bond donors (Lipinski definition) is 1.